The van der Waals surface area contributed by atoms with E-state index < -0.39 is 0 Å². The molecule has 1 N–H and O–H groups in total. The van der Waals surface area contributed by atoms with Crippen molar-refractivity contribution in [3.63, 3.8) is 0 Å². The van der Waals surface area contributed by atoms with Crippen LogP contribution >= 0.6 is 0 Å². The lowest BCUT2D eigenvalue weighted by atomic mass is 10.0. The van der Waals surface area contributed by atoms with Gasteiger partial charge in [0, 0.05) is 12.1 Å². The standard InChI is InChI=1S/C26H55NO/c1-6-7-8-9-10-11-12-13-14-15-16-17-18-19-20-21-23-27-26(4,5)22-24-28-25(2)3/h25,27H,6-24H2,1-5H3. The molecule has 0 aliphatic heterocycles. The molecule has 0 fully saturated rings. The molecule has 0 aromatic rings. The molecule has 2 nitrogen and oxygen atoms in total. The molecular formula is C26H55NO. The van der Waals surface area contributed by atoms with Gasteiger partial charge in [0.15, 0.2) is 0 Å². The summed E-state index contributed by atoms with van der Waals surface area (Å²) in [6.07, 6.45) is 24.4. The van der Waals surface area contributed by atoms with Gasteiger partial charge < -0.3 is 10.1 Å². The smallest absolute Gasteiger partial charge is 0.0518 e. The van der Waals surface area contributed by atoms with Crippen LogP contribution in [0.5, 0.6) is 0 Å². The lowest BCUT2D eigenvalue weighted by molar-refractivity contribution is 0.0639. The third kappa shape index (κ3) is 22.2. The van der Waals surface area contributed by atoms with E-state index in [9.17, 15) is 0 Å². The maximum atomic E-state index is 5.67. The fourth-order valence-electron chi connectivity index (χ4n) is 3.74. The van der Waals surface area contributed by atoms with Crippen molar-refractivity contribution in [1.29, 1.82) is 0 Å². The van der Waals surface area contributed by atoms with Crippen molar-refractivity contribution in [2.75, 3.05) is 13.2 Å². The van der Waals surface area contributed by atoms with Gasteiger partial charge in [-0.05, 0) is 47.1 Å². The van der Waals surface area contributed by atoms with Crippen LogP contribution in [0.4, 0.5) is 0 Å². The van der Waals surface area contributed by atoms with Gasteiger partial charge >= 0.3 is 0 Å². The van der Waals surface area contributed by atoms with Crippen molar-refractivity contribution in [3.05, 3.63) is 0 Å². The maximum absolute atomic E-state index is 5.67. The van der Waals surface area contributed by atoms with Crippen LogP contribution in [0.1, 0.15) is 144 Å². The Kier molecular flexibility index (Phi) is 20.1. The number of rotatable bonds is 22. The fourth-order valence-corrected chi connectivity index (χ4v) is 3.74. The van der Waals surface area contributed by atoms with Crippen LogP contribution in [-0.4, -0.2) is 24.8 Å². The van der Waals surface area contributed by atoms with Gasteiger partial charge in [-0.15, -0.1) is 0 Å². The Bertz CT molecular complexity index is 301. The number of hydrogen-bond donors (Lipinski definition) is 1. The molecule has 0 rings (SSSR count). The Labute approximate surface area is 179 Å². The molecule has 0 aromatic carbocycles. The molecule has 0 aromatic heterocycles. The predicted molar refractivity (Wildman–Crippen MR) is 127 cm³/mol. The minimum Gasteiger partial charge on any atom is -0.379 e. The van der Waals surface area contributed by atoms with E-state index in [1.165, 1.54) is 103 Å². The quantitative estimate of drug-likeness (QED) is 0.185. The second-order valence-corrected chi connectivity index (χ2v) is 9.78. The maximum Gasteiger partial charge on any atom is 0.0518 e. The first-order valence-electron chi connectivity index (χ1n) is 12.8. The SMILES string of the molecule is CCCCCCCCCCCCCCCCCCNC(C)(C)CCOC(C)C. The van der Waals surface area contributed by atoms with Crippen molar-refractivity contribution < 1.29 is 4.74 Å². The Balaban J connectivity index is 3.21. The summed E-state index contributed by atoms with van der Waals surface area (Å²) < 4.78 is 5.67. The number of ether oxygens (including phenoxy) is 1. The molecule has 0 bridgehead atoms. The minimum atomic E-state index is 0.199. The monoisotopic (exact) mass is 397 g/mol. The van der Waals surface area contributed by atoms with Crippen LogP contribution in [0.2, 0.25) is 0 Å². The Hall–Kier alpha value is -0.0800. The normalized spacial score (nSPS) is 12.2. The average Bonchev–Trinajstić information content (AvgIpc) is 2.63. The van der Waals surface area contributed by atoms with E-state index in [0.717, 1.165) is 19.6 Å². The van der Waals surface area contributed by atoms with E-state index in [1.807, 2.05) is 0 Å². The van der Waals surface area contributed by atoms with Gasteiger partial charge in [-0.25, -0.2) is 0 Å². The summed E-state index contributed by atoms with van der Waals surface area (Å²) in [6, 6.07) is 0. The summed E-state index contributed by atoms with van der Waals surface area (Å²) in [7, 11) is 0. The van der Waals surface area contributed by atoms with Crippen LogP contribution in [0.15, 0.2) is 0 Å². The molecule has 0 saturated carbocycles. The number of hydrogen-bond acceptors (Lipinski definition) is 2. The van der Waals surface area contributed by atoms with Crippen molar-refractivity contribution in [3.8, 4) is 0 Å². The number of unbranched alkanes of at least 4 members (excludes halogenated alkanes) is 15. The van der Waals surface area contributed by atoms with E-state index >= 15 is 0 Å². The third-order valence-electron chi connectivity index (χ3n) is 5.81. The molecule has 0 saturated heterocycles. The minimum absolute atomic E-state index is 0.199. The number of nitrogens with one attached hydrogen (secondary N) is 1. The molecular weight excluding hydrogens is 342 g/mol. The summed E-state index contributed by atoms with van der Waals surface area (Å²) in [6.45, 7) is 13.1. The second-order valence-electron chi connectivity index (χ2n) is 9.78. The zero-order valence-corrected chi connectivity index (χ0v) is 20.4. The highest BCUT2D eigenvalue weighted by Gasteiger charge is 2.16. The molecule has 0 aliphatic rings. The van der Waals surface area contributed by atoms with Gasteiger partial charge in [0.05, 0.1) is 6.10 Å². The van der Waals surface area contributed by atoms with E-state index in [1.54, 1.807) is 0 Å². The van der Waals surface area contributed by atoms with Gasteiger partial charge in [0.2, 0.25) is 0 Å². The highest BCUT2D eigenvalue weighted by atomic mass is 16.5. The second kappa shape index (κ2) is 20.2. The molecule has 0 heterocycles. The highest BCUT2D eigenvalue weighted by molar-refractivity contribution is 4.77. The third-order valence-corrected chi connectivity index (χ3v) is 5.81. The average molecular weight is 398 g/mol. The van der Waals surface area contributed by atoms with Crippen LogP contribution < -0.4 is 5.32 Å². The molecule has 170 valence electrons. The first kappa shape index (κ1) is 27.9. The van der Waals surface area contributed by atoms with E-state index in [0.29, 0.717) is 6.10 Å². The summed E-state index contributed by atoms with van der Waals surface area (Å²) in [5, 5.41) is 3.70. The molecule has 28 heavy (non-hydrogen) atoms. The zero-order chi connectivity index (χ0) is 20.9. The first-order valence-corrected chi connectivity index (χ1v) is 12.8. The van der Waals surface area contributed by atoms with E-state index in [-0.39, 0.29) is 5.54 Å². The van der Waals surface area contributed by atoms with Crippen LogP contribution in [0.3, 0.4) is 0 Å². The topological polar surface area (TPSA) is 21.3 Å². The van der Waals surface area contributed by atoms with Crippen molar-refractivity contribution in [1.82, 2.24) is 5.32 Å². The molecule has 0 unspecified atom stereocenters. The summed E-state index contributed by atoms with van der Waals surface area (Å²) >= 11 is 0. The van der Waals surface area contributed by atoms with Gasteiger partial charge in [-0.3, -0.25) is 0 Å². The summed E-state index contributed by atoms with van der Waals surface area (Å²) in [5.74, 6) is 0. The van der Waals surface area contributed by atoms with Gasteiger partial charge in [0.25, 0.3) is 0 Å². The van der Waals surface area contributed by atoms with Gasteiger partial charge in [-0.2, -0.15) is 0 Å². The summed E-state index contributed by atoms with van der Waals surface area (Å²) in [4.78, 5) is 0. The molecule has 0 spiro atoms. The van der Waals surface area contributed by atoms with E-state index in [4.69, 9.17) is 4.74 Å². The summed E-state index contributed by atoms with van der Waals surface area (Å²) in [5.41, 5.74) is 0.199. The van der Waals surface area contributed by atoms with Crippen LogP contribution in [-0.2, 0) is 4.74 Å². The molecule has 0 radical (unpaired) electrons. The van der Waals surface area contributed by atoms with E-state index in [2.05, 4.69) is 39.9 Å². The van der Waals surface area contributed by atoms with Crippen LogP contribution in [0.25, 0.3) is 0 Å². The molecule has 0 atom stereocenters. The molecule has 2 heteroatoms. The lowest BCUT2D eigenvalue weighted by Gasteiger charge is -2.26. The molecule has 0 aliphatic carbocycles. The van der Waals surface area contributed by atoms with Crippen molar-refractivity contribution in [2.45, 2.75) is 155 Å². The lowest BCUT2D eigenvalue weighted by Crippen LogP contribution is -2.41. The first-order chi connectivity index (χ1) is 13.5. The predicted octanol–water partition coefficient (Wildman–Crippen LogP) is 8.43. The zero-order valence-electron chi connectivity index (χ0n) is 20.4. The largest absolute Gasteiger partial charge is 0.379 e. The van der Waals surface area contributed by atoms with Gasteiger partial charge in [-0.1, -0.05) is 103 Å². The highest BCUT2D eigenvalue weighted by Crippen LogP contribution is 2.14. The Morgan fingerprint density at radius 3 is 1.43 bits per heavy atom. The van der Waals surface area contributed by atoms with Crippen molar-refractivity contribution >= 4 is 0 Å². The van der Waals surface area contributed by atoms with Crippen molar-refractivity contribution in [2.24, 2.45) is 0 Å². The Morgan fingerprint density at radius 1 is 0.643 bits per heavy atom. The Morgan fingerprint density at radius 2 is 1.04 bits per heavy atom. The molecule has 0 amide bonds. The van der Waals surface area contributed by atoms with Gasteiger partial charge in [0.1, 0.15) is 0 Å². The fraction of sp³-hybridized carbons (Fsp3) is 1.00. The van der Waals surface area contributed by atoms with Crippen LogP contribution in [0, 0.1) is 0 Å².